The van der Waals surface area contributed by atoms with E-state index in [0.29, 0.717) is 17.9 Å². The van der Waals surface area contributed by atoms with Crippen LogP contribution in [0.25, 0.3) is 0 Å². The second kappa shape index (κ2) is 5.39. The van der Waals surface area contributed by atoms with E-state index in [1.54, 1.807) is 18.5 Å². The summed E-state index contributed by atoms with van der Waals surface area (Å²) >= 11 is 0. The number of ether oxygens (including phenoxy) is 1. The summed E-state index contributed by atoms with van der Waals surface area (Å²) < 4.78 is 18.2. The van der Waals surface area contributed by atoms with E-state index in [0.717, 1.165) is 12.2 Å². The van der Waals surface area contributed by atoms with Gasteiger partial charge in [-0.3, -0.25) is 0 Å². The summed E-state index contributed by atoms with van der Waals surface area (Å²) in [5.41, 5.74) is 6.73. The molecule has 0 aliphatic rings. The summed E-state index contributed by atoms with van der Waals surface area (Å²) in [5, 5.41) is 3.12. The Morgan fingerprint density at radius 2 is 2.33 bits per heavy atom. The molecule has 0 unspecified atom stereocenters. The van der Waals surface area contributed by atoms with Gasteiger partial charge in [0, 0.05) is 37.5 Å². The molecule has 0 bridgehead atoms. The number of nitrogens with two attached hydrogens (primary N) is 1. The Kier molecular flexibility index (Phi) is 3.66. The zero-order chi connectivity index (χ0) is 13.0. The molecule has 5 nitrogen and oxygen atoms in total. The van der Waals surface area contributed by atoms with E-state index in [9.17, 15) is 4.39 Å². The maximum Gasteiger partial charge on any atom is 0.167 e. The van der Waals surface area contributed by atoms with E-state index < -0.39 is 5.82 Å². The summed E-state index contributed by atoms with van der Waals surface area (Å²) in [6.07, 6.45) is 4.20. The van der Waals surface area contributed by atoms with Gasteiger partial charge in [0.1, 0.15) is 5.82 Å². The first-order valence-corrected chi connectivity index (χ1v) is 5.56. The molecule has 0 saturated heterocycles. The Bertz CT molecular complexity index is 513. The predicted molar refractivity (Wildman–Crippen MR) is 68.1 cm³/mol. The molecule has 2 aromatic rings. The first-order valence-electron chi connectivity index (χ1n) is 5.56. The minimum Gasteiger partial charge on any atom is -0.494 e. The molecule has 0 amide bonds. The Hall–Kier alpha value is -2.24. The lowest BCUT2D eigenvalue weighted by Gasteiger charge is -2.11. The largest absolute Gasteiger partial charge is 0.494 e. The Morgan fingerprint density at radius 1 is 1.50 bits per heavy atom. The van der Waals surface area contributed by atoms with Crippen molar-refractivity contribution in [2.24, 2.45) is 0 Å². The van der Waals surface area contributed by atoms with Crippen molar-refractivity contribution in [2.75, 3.05) is 24.7 Å². The quantitative estimate of drug-likeness (QED) is 0.707. The fraction of sp³-hybridized carbons (Fsp3) is 0.250. The molecule has 0 aliphatic carbocycles. The molecule has 0 aliphatic heterocycles. The number of imidazole rings is 1. The third-order valence-corrected chi connectivity index (χ3v) is 2.56. The number of methoxy groups -OCH3 is 1. The lowest BCUT2D eigenvalue weighted by atomic mass is 10.2. The number of aromatic nitrogens is 2. The number of halogens is 1. The van der Waals surface area contributed by atoms with Crippen molar-refractivity contribution >= 4 is 11.4 Å². The number of nitrogens with one attached hydrogen (secondary N) is 2. The van der Waals surface area contributed by atoms with Crippen LogP contribution in [0.5, 0.6) is 5.75 Å². The van der Waals surface area contributed by atoms with Gasteiger partial charge < -0.3 is 20.8 Å². The molecule has 6 heteroatoms. The number of anilines is 2. The zero-order valence-corrected chi connectivity index (χ0v) is 10.0. The number of hydrogen-bond acceptors (Lipinski definition) is 4. The van der Waals surface area contributed by atoms with E-state index in [-0.39, 0.29) is 5.75 Å². The minimum absolute atomic E-state index is 0.171. The van der Waals surface area contributed by atoms with Crippen LogP contribution in [0.4, 0.5) is 15.8 Å². The van der Waals surface area contributed by atoms with Crippen molar-refractivity contribution in [3.05, 3.63) is 36.2 Å². The zero-order valence-electron chi connectivity index (χ0n) is 10.0. The molecule has 0 saturated carbocycles. The van der Waals surface area contributed by atoms with E-state index >= 15 is 0 Å². The average Bonchev–Trinajstić information content (AvgIpc) is 2.85. The second-order valence-corrected chi connectivity index (χ2v) is 3.79. The van der Waals surface area contributed by atoms with Crippen molar-refractivity contribution in [3.8, 4) is 5.75 Å². The summed E-state index contributed by atoms with van der Waals surface area (Å²) in [6.45, 7) is 0.645. The summed E-state index contributed by atoms with van der Waals surface area (Å²) in [7, 11) is 1.42. The first-order chi connectivity index (χ1) is 8.70. The fourth-order valence-electron chi connectivity index (χ4n) is 1.63. The average molecular weight is 250 g/mol. The number of nitrogen functional groups attached to an aromatic ring is 1. The van der Waals surface area contributed by atoms with Gasteiger partial charge in [0.2, 0.25) is 0 Å². The van der Waals surface area contributed by atoms with Crippen LogP contribution < -0.4 is 15.8 Å². The second-order valence-electron chi connectivity index (χ2n) is 3.79. The van der Waals surface area contributed by atoms with Crippen LogP contribution in [0, 0.1) is 5.82 Å². The maximum absolute atomic E-state index is 13.3. The van der Waals surface area contributed by atoms with Crippen molar-refractivity contribution in [1.29, 1.82) is 0 Å². The van der Waals surface area contributed by atoms with Gasteiger partial charge in [0.05, 0.1) is 18.5 Å². The summed E-state index contributed by atoms with van der Waals surface area (Å²) in [4.78, 5) is 7.11. The van der Waals surface area contributed by atoms with Crippen LogP contribution in [0.15, 0.2) is 24.5 Å². The van der Waals surface area contributed by atoms with Crippen LogP contribution in [0.2, 0.25) is 0 Å². The Labute approximate surface area is 104 Å². The number of rotatable bonds is 5. The number of hydrogen-bond donors (Lipinski definition) is 3. The van der Waals surface area contributed by atoms with Crippen LogP contribution in [-0.2, 0) is 6.42 Å². The molecule has 4 N–H and O–H groups in total. The molecule has 0 fully saturated rings. The topological polar surface area (TPSA) is 76.0 Å². The molecule has 1 aromatic carbocycles. The number of aromatic amines is 1. The third-order valence-electron chi connectivity index (χ3n) is 2.56. The van der Waals surface area contributed by atoms with Gasteiger partial charge in [-0.2, -0.15) is 0 Å². The molecular weight excluding hydrogens is 235 g/mol. The van der Waals surface area contributed by atoms with Crippen molar-refractivity contribution in [3.63, 3.8) is 0 Å². The lowest BCUT2D eigenvalue weighted by molar-refractivity contribution is 0.387. The number of H-pyrrole nitrogens is 1. The molecular formula is C12H15FN4O. The normalized spacial score (nSPS) is 10.3. The van der Waals surface area contributed by atoms with E-state index in [1.807, 2.05) is 0 Å². The highest BCUT2D eigenvalue weighted by Gasteiger charge is 2.08. The molecule has 0 spiro atoms. The number of benzene rings is 1. The molecule has 0 radical (unpaired) electrons. The summed E-state index contributed by atoms with van der Waals surface area (Å²) in [5.74, 6) is 0.589. The molecule has 96 valence electrons. The lowest BCUT2D eigenvalue weighted by Crippen LogP contribution is -2.08. The minimum atomic E-state index is -0.466. The van der Waals surface area contributed by atoms with Gasteiger partial charge in [-0.1, -0.05) is 0 Å². The fourth-order valence-corrected chi connectivity index (χ4v) is 1.63. The van der Waals surface area contributed by atoms with Crippen molar-refractivity contribution in [1.82, 2.24) is 9.97 Å². The van der Waals surface area contributed by atoms with Crippen molar-refractivity contribution < 1.29 is 9.13 Å². The van der Waals surface area contributed by atoms with Crippen molar-refractivity contribution in [2.45, 2.75) is 6.42 Å². The molecule has 0 atom stereocenters. The highest BCUT2D eigenvalue weighted by atomic mass is 19.1. The van der Waals surface area contributed by atoms with Crippen LogP contribution in [0.1, 0.15) is 5.82 Å². The van der Waals surface area contributed by atoms with E-state index in [4.69, 9.17) is 10.5 Å². The molecule has 2 rings (SSSR count). The van der Waals surface area contributed by atoms with Gasteiger partial charge in [-0.25, -0.2) is 9.37 Å². The summed E-state index contributed by atoms with van der Waals surface area (Å²) in [6, 6.07) is 2.79. The van der Waals surface area contributed by atoms with Gasteiger partial charge in [-0.15, -0.1) is 0 Å². The highest BCUT2D eigenvalue weighted by Crippen LogP contribution is 2.27. The molecule has 1 heterocycles. The van der Waals surface area contributed by atoms with Gasteiger partial charge in [-0.05, 0) is 0 Å². The van der Waals surface area contributed by atoms with Gasteiger partial charge >= 0.3 is 0 Å². The monoisotopic (exact) mass is 250 g/mol. The Morgan fingerprint density at radius 3 is 3.00 bits per heavy atom. The van der Waals surface area contributed by atoms with E-state index in [1.165, 1.54) is 13.2 Å². The predicted octanol–water partition coefficient (Wildman–Crippen LogP) is 1.79. The third kappa shape index (κ3) is 2.71. The standard InChI is InChI=1S/C12H15FN4O/c1-18-11-7-10(9(14)6-8(11)13)15-3-2-12-16-4-5-17-12/h4-7,15H,2-3,14H2,1H3,(H,16,17). The Balaban J connectivity index is 2.00. The number of nitrogens with zero attached hydrogens (tertiary/aromatic N) is 1. The molecule has 18 heavy (non-hydrogen) atoms. The smallest absolute Gasteiger partial charge is 0.167 e. The van der Waals surface area contributed by atoms with Gasteiger partial charge in [0.15, 0.2) is 11.6 Å². The van der Waals surface area contributed by atoms with Crippen LogP contribution in [-0.4, -0.2) is 23.6 Å². The molecule has 1 aromatic heterocycles. The maximum atomic E-state index is 13.3. The highest BCUT2D eigenvalue weighted by molar-refractivity contribution is 5.68. The van der Waals surface area contributed by atoms with Crippen LogP contribution >= 0.6 is 0 Å². The van der Waals surface area contributed by atoms with E-state index in [2.05, 4.69) is 15.3 Å². The first kappa shape index (κ1) is 12.2. The van der Waals surface area contributed by atoms with Gasteiger partial charge in [0.25, 0.3) is 0 Å². The SMILES string of the molecule is COc1cc(NCCc2ncc[nH]2)c(N)cc1F. The van der Waals surface area contributed by atoms with Crippen LogP contribution in [0.3, 0.4) is 0 Å².